The van der Waals surface area contributed by atoms with E-state index in [1.54, 1.807) is 5.51 Å². The van der Waals surface area contributed by atoms with Gasteiger partial charge in [0.05, 0.1) is 23.3 Å². The third-order valence-electron chi connectivity index (χ3n) is 2.45. The molecule has 0 aliphatic carbocycles. The minimum Gasteiger partial charge on any atom is -0.347 e. The molecule has 3 nitrogen and oxygen atoms in total. The van der Waals surface area contributed by atoms with Crippen molar-refractivity contribution in [3.05, 3.63) is 51.5 Å². The molecule has 1 amide bonds. The molecule has 1 heterocycles. The highest BCUT2D eigenvalue weighted by Gasteiger charge is 2.15. The van der Waals surface area contributed by atoms with E-state index in [9.17, 15) is 13.6 Å². The van der Waals surface area contributed by atoms with Crippen LogP contribution in [0.3, 0.4) is 0 Å². The summed E-state index contributed by atoms with van der Waals surface area (Å²) < 4.78 is 26.3. The molecule has 2 rings (SSSR count). The zero-order valence-electron chi connectivity index (χ0n) is 9.54. The molecule has 2 aromatic rings. The van der Waals surface area contributed by atoms with E-state index in [4.69, 9.17) is 0 Å². The number of nitrogens with one attached hydrogen (secondary N) is 1. The fourth-order valence-electron chi connectivity index (χ4n) is 1.43. The Morgan fingerprint density at radius 3 is 2.89 bits per heavy atom. The van der Waals surface area contributed by atoms with E-state index in [-0.39, 0.29) is 12.1 Å². The number of thiazole rings is 1. The summed E-state index contributed by atoms with van der Waals surface area (Å²) >= 11 is 1.40. The molecule has 0 fully saturated rings. The van der Waals surface area contributed by atoms with Crippen LogP contribution in [0.4, 0.5) is 8.78 Å². The molecule has 0 aliphatic rings. The van der Waals surface area contributed by atoms with E-state index >= 15 is 0 Å². The Labute approximate surface area is 106 Å². The standard InChI is InChI=1S/C12H10F2N2OS/c1-7-10(18-6-16-7)5-15-12(17)8-3-2-4-9(13)11(8)14/h2-4,6H,5H2,1H3,(H,15,17). The first-order chi connectivity index (χ1) is 8.59. The normalized spacial score (nSPS) is 10.4. The van der Waals surface area contributed by atoms with Crippen molar-refractivity contribution in [2.45, 2.75) is 13.5 Å². The van der Waals surface area contributed by atoms with Crippen molar-refractivity contribution < 1.29 is 13.6 Å². The number of aryl methyl sites for hydroxylation is 1. The van der Waals surface area contributed by atoms with Crippen molar-refractivity contribution in [1.29, 1.82) is 0 Å². The summed E-state index contributed by atoms with van der Waals surface area (Å²) in [6.07, 6.45) is 0. The first-order valence-corrected chi connectivity index (χ1v) is 6.08. The molecule has 0 bridgehead atoms. The quantitative estimate of drug-likeness (QED) is 0.929. The Bertz CT molecular complexity index is 583. The molecule has 0 spiro atoms. The third kappa shape index (κ3) is 2.53. The number of nitrogens with zero attached hydrogens (tertiary/aromatic N) is 1. The smallest absolute Gasteiger partial charge is 0.254 e. The number of rotatable bonds is 3. The molecule has 0 radical (unpaired) electrons. The number of hydrogen-bond donors (Lipinski definition) is 1. The van der Waals surface area contributed by atoms with Gasteiger partial charge in [0.1, 0.15) is 0 Å². The first-order valence-electron chi connectivity index (χ1n) is 5.20. The van der Waals surface area contributed by atoms with Crippen molar-refractivity contribution in [1.82, 2.24) is 10.3 Å². The number of benzene rings is 1. The van der Waals surface area contributed by atoms with E-state index < -0.39 is 17.5 Å². The molecule has 1 aromatic heterocycles. The van der Waals surface area contributed by atoms with Crippen molar-refractivity contribution in [2.75, 3.05) is 0 Å². The number of halogens is 2. The molecule has 0 aliphatic heterocycles. The largest absolute Gasteiger partial charge is 0.347 e. The van der Waals surface area contributed by atoms with Crippen molar-refractivity contribution >= 4 is 17.2 Å². The average Bonchev–Trinajstić information content (AvgIpc) is 2.75. The van der Waals surface area contributed by atoms with Gasteiger partial charge in [-0.05, 0) is 19.1 Å². The molecular formula is C12H10F2N2OS. The van der Waals surface area contributed by atoms with Gasteiger partial charge in [-0.25, -0.2) is 13.8 Å². The lowest BCUT2D eigenvalue weighted by Crippen LogP contribution is -2.24. The maximum Gasteiger partial charge on any atom is 0.254 e. The molecule has 0 saturated carbocycles. The van der Waals surface area contributed by atoms with Gasteiger partial charge in [-0.2, -0.15) is 0 Å². The summed E-state index contributed by atoms with van der Waals surface area (Å²) in [6.45, 7) is 2.08. The number of hydrogen-bond acceptors (Lipinski definition) is 3. The predicted octanol–water partition coefficient (Wildman–Crippen LogP) is 2.66. The van der Waals surface area contributed by atoms with Gasteiger partial charge in [0, 0.05) is 4.88 Å². The van der Waals surface area contributed by atoms with Crippen LogP contribution in [-0.2, 0) is 6.54 Å². The van der Waals surface area contributed by atoms with Crippen LogP contribution < -0.4 is 5.32 Å². The Hall–Kier alpha value is -1.82. The van der Waals surface area contributed by atoms with Crippen LogP contribution in [0.5, 0.6) is 0 Å². The predicted molar refractivity (Wildman–Crippen MR) is 64.4 cm³/mol. The van der Waals surface area contributed by atoms with Gasteiger partial charge in [-0.3, -0.25) is 4.79 Å². The van der Waals surface area contributed by atoms with Crippen LogP contribution in [0, 0.1) is 18.6 Å². The number of carbonyl (C=O) groups is 1. The number of carbonyl (C=O) groups excluding carboxylic acids is 1. The highest BCUT2D eigenvalue weighted by molar-refractivity contribution is 7.09. The highest BCUT2D eigenvalue weighted by Crippen LogP contribution is 2.13. The van der Waals surface area contributed by atoms with Gasteiger partial charge in [0.25, 0.3) is 5.91 Å². The monoisotopic (exact) mass is 268 g/mol. The number of aromatic nitrogens is 1. The van der Waals surface area contributed by atoms with Gasteiger partial charge >= 0.3 is 0 Å². The molecular weight excluding hydrogens is 258 g/mol. The summed E-state index contributed by atoms with van der Waals surface area (Å²) in [7, 11) is 0. The van der Waals surface area contributed by atoms with E-state index in [1.165, 1.54) is 23.5 Å². The van der Waals surface area contributed by atoms with Crippen LogP contribution in [0.25, 0.3) is 0 Å². The van der Waals surface area contributed by atoms with Gasteiger partial charge in [0.2, 0.25) is 0 Å². The molecule has 18 heavy (non-hydrogen) atoms. The van der Waals surface area contributed by atoms with Crippen molar-refractivity contribution in [3.63, 3.8) is 0 Å². The fourth-order valence-corrected chi connectivity index (χ4v) is 2.15. The Morgan fingerprint density at radius 1 is 1.44 bits per heavy atom. The highest BCUT2D eigenvalue weighted by atomic mass is 32.1. The van der Waals surface area contributed by atoms with Crippen LogP contribution in [0.2, 0.25) is 0 Å². The average molecular weight is 268 g/mol. The topological polar surface area (TPSA) is 42.0 Å². The zero-order chi connectivity index (χ0) is 13.1. The fraction of sp³-hybridized carbons (Fsp3) is 0.167. The Balaban J connectivity index is 2.09. The zero-order valence-corrected chi connectivity index (χ0v) is 10.4. The Kier molecular flexibility index (Phi) is 3.66. The second kappa shape index (κ2) is 5.22. The molecule has 0 unspecified atom stereocenters. The molecule has 0 atom stereocenters. The van der Waals surface area contributed by atoms with Crippen molar-refractivity contribution in [3.8, 4) is 0 Å². The first kappa shape index (κ1) is 12.6. The molecule has 94 valence electrons. The van der Waals surface area contributed by atoms with Crippen LogP contribution >= 0.6 is 11.3 Å². The summed E-state index contributed by atoms with van der Waals surface area (Å²) in [4.78, 5) is 16.6. The van der Waals surface area contributed by atoms with E-state index in [1.807, 2.05) is 6.92 Å². The molecule has 0 saturated heterocycles. The lowest BCUT2D eigenvalue weighted by atomic mass is 10.2. The minimum absolute atomic E-state index is 0.255. The lowest BCUT2D eigenvalue weighted by Gasteiger charge is -2.05. The van der Waals surface area contributed by atoms with Crippen LogP contribution in [0.15, 0.2) is 23.7 Å². The molecule has 1 N–H and O–H groups in total. The lowest BCUT2D eigenvalue weighted by molar-refractivity contribution is 0.0946. The maximum absolute atomic E-state index is 13.4. The minimum atomic E-state index is -1.13. The summed E-state index contributed by atoms with van der Waals surface area (Å²) in [5.41, 5.74) is 2.19. The van der Waals surface area contributed by atoms with Crippen LogP contribution in [0.1, 0.15) is 20.9 Å². The summed E-state index contributed by atoms with van der Waals surface area (Å²) in [5, 5.41) is 2.54. The second-order valence-corrected chi connectivity index (χ2v) is 4.58. The third-order valence-corrected chi connectivity index (χ3v) is 3.39. The molecule has 6 heteroatoms. The molecule has 1 aromatic carbocycles. The van der Waals surface area contributed by atoms with Gasteiger partial charge < -0.3 is 5.32 Å². The van der Waals surface area contributed by atoms with Gasteiger partial charge in [0.15, 0.2) is 11.6 Å². The number of amides is 1. The Morgan fingerprint density at radius 2 is 2.22 bits per heavy atom. The van der Waals surface area contributed by atoms with Crippen LogP contribution in [-0.4, -0.2) is 10.9 Å². The summed E-state index contributed by atoms with van der Waals surface area (Å²) in [6, 6.07) is 3.51. The van der Waals surface area contributed by atoms with E-state index in [2.05, 4.69) is 10.3 Å². The maximum atomic E-state index is 13.4. The van der Waals surface area contributed by atoms with E-state index in [0.717, 1.165) is 16.6 Å². The SMILES string of the molecule is Cc1ncsc1CNC(=O)c1cccc(F)c1F. The van der Waals surface area contributed by atoms with Crippen molar-refractivity contribution in [2.24, 2.45) is 0 Å². The van der Waals surface area contributed by atoms with E-state index in [0.29, 0.717) is 0 Å². The summed E-state index contributed by atoms with van der Waals surface area (Å²) in [5.74, 6) is -2.80. The second-order valence-electron chi connectivity index (χ2n) is 3.65. The van der Waals surface area contributed by atoms with Gasteiger partial charge in [-0.15, -0.1) is 11.3 Å². The van der Waals surface area contributed by atoms with Gasteiger partial charge in [-0.1, -0.05) is 6.07 Å².